The van der Waals surface area contributed by atoms with Crippen LogP contribution >= 0.6 is 0 Å². The first-order chi connectivity index (χ1) is 9.50. The van der Waals surface area contributed by atoms with Crippen LogP contribution in [0.1, 0.15) is 31.7 Å². The van der Waals surface area contributed by atoms with Crippen molar-refractivity contribution in [1.29, 1.82) is 0 Å². The molecule has 2 fully saturated rings. The molecule has 2 N–H and O–H groups in total. The minimum atomic E-state index is -0.851. The molecule has 1 aromatic carbocycles. The van der Waals surface area contributed by atoms with Crippen LogP contribution in [0.3, 0.4) is 0 Å². The number of rotatable bonds is 4. The van der Waals surface area contributed by atoms with Gasteiger partial charge in [-0.3, -0.25) is 4.90 Å². The molecular weight excluding hydrogens is 252 g/mol. The lowest BCUT2D eigenvalue weighted by Crippen LogP contribution is -2.49. The summed E-state index contributed by atoms with van der Waals surface area (Å²) in [6.07, 6.45) is 3.09. The Morgan fingerprint density at radius 1 is 1.45 bits per heavy atom. The third-order valence-electron chi connectivity index (χ3n) is 4.49. The van der Waals surface area contributed by atoms with E-state index in [1.54, 1.807) is 0 Å². The lowest BCUT2D eigenvalue weighted by atomic mass is 9.95. The molecule has 3 rings (SSSR count). The van der Waals surface area contributed by atoms with Crippen LogP contribution in [0.25, 0.3) is 0 Å². The van der Waals surface area contributed by atoms with E-state index in [4.69, 9.17) is 0 Å². The van der Waals surface area contributed by atoms with E-state index in [0.717, 1.165) is 11.3 Å². The van der Waals surface area contributed by atoms with Crippen LogP contribution in [-0.4, -0.2) is 40.1 Å². The summed E-state index contributed by atoms with van der Waals surface area (Å²) < 4.78 is 0. The van der Waals surface area contributed by atoms with Gasteiger partial charge in [0.1, 0.15) is 5.54 Å². The average Bonchev–Trinajstić information content (AvgIpc) is 3.15. The van der Waals surface area contributed by atoms with Crippen LogP contribution in [0, 0.1) is 6.92 Å². The van der Waals surface area contributed by atoms with Gasteiger partial charge in [-0.25, -0.2) is 4.79 Å². The molecular formula is C16H22N2O2. The number of hydrogen-bond acceptors (Lipinski definition) is 3. The highest BCUT2D eigenvalue weighted by molar-refractivity contribution is 5.84. The van der Waals surface area contributed by atoms with E-state index in [1.807, 2.05) is 31.2 Å². The van der Waals surface area contributed by atoms with Gasteiger partial charge >= 0.3 is 5.97 Å². The van der Waals surface area contributed by atoms with Crippen molar-refractivity contribution in [2.75, 3.05) is 11.9 Å². The van der Waals surface area contributed by atoms with Gasteiger partial charge in [0, 0.05) is 24.3 Å². The van der Waals surface area contributed by atoms with E-state index in [2.05, 4.69) is 17.1 Å². The molecule has 108 valence electrons. The van der Waals surface area contributed by atoms with E-state index in [0.29, 0.717) is 25.0 Å². The number of anilines is 1. The Labute approximate surface area is 119 Å². The van der Waals surface area contributed by atoms with Gasteiger partial charge in [0.05, 0.1) is 0 Å². The highest BCUT2D eigenvalue weighted by atomic mass is 16.4. The third-order valence-corrected chi connectivity index (χ3v) is 4.49. The lowest BCUT2D eigenvalue weighted by Gasteiger charge is -2.27. The standard InChI is InChI=1S/C16H22N2O2/c1-11-4-3-5-13(8-11)17-16(15(19)20)9-12(2)18(10-16)14-6-7-14/h3-5,8,12,14,17H,6-7,9-10H2,1-2H3,(H,19,20). The van der Waals surface area contributed by atoms with Crippen LogP contribution in [0.4, 0.5) is 5.69 Å². The number of likely N-dealkylation sites (tertiary alicyclic amines) is 1. The molecule has 1 heterocycles. The Morgan fingerprint density at radius 2 is 2.20 bits per heavy atom. The van der Waals surface area contributed by atoms with Gasteiger partial charge in [-0.05, 0) is 50.8 Å². The summed E-state index contributed by atoms with van der Waals surface area (Å²) in [7, 11) is 0. The molecule has 1 saturated carbocycles. The summed E-state index contributed by atoms with van der Waals surface area (Å²) in [5, 5.41) is 13.0. The smallest absolute Gasteiger partial charge is 0.330 e. The summed E-state index contributed by atoms with van der Waals surface area (Å²) in [6, 6.07) is 8.87. The van der Waals surface area contributed by atoms with Gasteiger partial charge in [0.2, 0.25) is 0 Å². The molecule has 1 saturated heterocycles. The molecule has 2 atom stereocenters. The zero-order valence-corrected chi connectivity index (χ0v) is 12.1. The summed E-state index contributed by atoms with van der Waals surface area (Å²) >= 11 is 0. The average molecular weight is 274 g/mol. The number of carbonyl (C=O) groups is 1. The van der Waals surface area contributed by atoms with E-state index < -0.39 is 11.5 Å². The van der Waals surface area contributed by atoms with Gasteiger partial charge in [-0.15, -0.1) is 0 Å². The van der Waals surface area contributed by atoms with Crippen molar-refractivity contribution < 1.29 is 9.90 Å². The number of nitrogens with one attached hydrogen (secondary N) is 1. The van der Waals surface area contributed by atoms with Crippen molar-refractivity contribution in [2.45, 2.75) is 50.7 Å². The van der Waals surface area contributed by atoms with Crippen LogP contribution in [-0.2, 0) is 4.79 Å². The zero-order chi connectivity index (χ0) is 14.3. The Balaban J connectivity index is 1.84. The van der Waals surface area contributed by atoms with Crippen molar-refractivity contribution in [3.8, 4) is 0 Å². The number of aliphatic carboxylic acids is 1. The van der Waals surface area contributed by atoms with Crippen LogP contribution in [0.2, 0.25) is 0 Å². The fourth-order valence-electron chi connectivity index (χ4n) is 3.35. The molecule has 0 radical (unpaired) electrons. The van der Waals surface area contributed by atoms with E-state index in [9.17, 15) is 9.90 Å². The highest BCUT2D eigenvalue weighted by Gasteiger charge is 2.51. The fraction of sp³-hybridized carbons (Fsp3) is 0.562. The number of hydrogen-bond donors (Lipinski definition) is 2. The molecule has 1 aromatic rings. The van der Waals surface area contributed by atoms with E-state index in [1.165, 1.54) is 12.8 Å². The topological polar surface area (TPSA) is 52.6 Å². The molecule has 4 nitrogen and oxygen atoms in total. The molecule has 2 aliphatic rings. The fourth-order valence-corrected chi connectivity index (χ4v) is 3.35. The van der Waals surface area contributed by atoms with Gasteiger partial charge < -0.3 is 10.4 Å². The first-order valence-electron chi connectivity index (χ1n) is 7.34. The van der Waals surface area contributed by atoms with Crippen LogP contribution in [0.15, 0.2) is 24.3 Å². The Hall–Kier alpha value is -1.55. The quantitative estimate of drug-likeness (QED) is 0.885. The van der Waals surface area contributed by atoms with Crippen molar-refractivity contribution in [1.82, 2.24) is 4.90 Å². The maximum absolute atomic E-state index is 11.9. The molecule has 1 aliphatic heterocycles. The monoisotopic (exact) mass is 274 g/mol. The van der Waals surface area contributed by atoms with Gasteiger partial charge in [0.25, 0.3) is 0 Å². The second-order valence-electron chi connectivity index (χ2n) is 6.34. The van der Waals surface area contributed by atoms with Crippen LogP contribution in [0.5, 0.6) is 0 Å². The van der Waals surface area contributed by atoms with Crippen molar-refractivity contribution >= 4 is 11.7 Å². The minimum absolute atomic E-state index is 0.330. The lowest BCUT2D eigenvalue weighted by molar-refractivity contribution is -0.141. The second-order valence-corrected chi connectivity index (χ2v) is 6.34. The van der Waals surface area contributed by atoms with Gasteiger partial charge in [-0.1, -0.05) is 12.1 Å². The van der Waals surface area contributed by atoms with Crippen molar-refractivity contribution in [3.05, 3.63) is 29.8 Å². The van der Waals surface area contributed by atoms with Crippen molar-refractivity contribution in [3.63, 3.8) is 0 Å². The van der Waals surface area contributed by atoms with E-state index in [-0.39, 0.29) is 0 Å². The highest BCUT2D eigenvalue weighted by Crippen LogP contribution is 2.38. The number of aryl methyl sites for hydroxylation is 1. The van der Waals surface area contributed by atoms with Gasteiger partial charge in [0.15, 0.2) is 0 Å². The SMILES string of the molecule is Cc1cccc(NC2(C(=O)O)CC(C)N(C3CC3)C2)c1. The Kier molecular flexibility index (Phi) is 3.21. The zero-order valence-electron chi connectivity index (χ0n) is 12.1. The molecule has 2 unspecified atom stereocenters. The number of carboxylic acids is 1. The summed E-state index contributed by atoms with van der Waals surface area (Å²) in [5.74, 6) is -0.742. The number of nitrogens with zero attached hydrogens (tertiary/aromatic N) is 1. The molecule has 4 heteroatoms. The maximum atomic E-state index is 11.9. The van der Waals surface area contributed by atoms with Gasteiger partial charge in [-0.2, -0.15) is 0 Å². The molecule has 20 heavy (non-hydrogen) atoms. The maximum Gasteiger partial charge on any atom is 0.330 e. The molecule has 1 aliphatic carbocycles. The molecule has 0 bridgehead atoms. The summed E-state index contributed by atoms with van der Waals surface area (Å²) in [6.45, 7) is 4.76. The first-order valence-corrected chi connectivity index (χ1v) is 7.34. The predicted octanol–water partition coefficient (Wildman–Crippen LogP) is 2.49. The normalized spacial score (nSPS) is 30.4. The molecule has 0 amide bonds. The Morgan fingerprint density at radius 3 is 2.80 bits per heavy atom. The minimum Gasteiger partial charge on any atom is -0.479 e. The van der Waals surface area contributed by atoms with Crippen LogP contribution < -0.4 is 5.32 Å². The molecule has 0 aromatic heterocycles. The first kappa shape index (κ1) is 13.4. The summed E-state index contributed by atoms with van der Waals surface area (Å²) in [5.41, 5.74) is 1.19. The Bertz CT molecular complexity index is 527. The number of benzene rings is 1. The summed E-state index contributed by atoms with van der Waals surface area (Å²) in [4.78, 5) is 14.2. The third kappa shape index (κ3) is 2.40. The largest absolute Gasteiger partial charge is 0.479 e. The predicted molar refractivity (Wildman–Crippen MR) is 79.0 cm³/mol. The second kappa shape index (κ2) is 4.77. The molecule has 0 spiro atoms. The van der Waals surface area contributed by atoms with E-state index >= 15 is 0 Å². The van der Waals surface area contributed by atoms with Crippen molar-refractivity contribution in [2.24, 2.45) is 0 Å². The number of carboxylic acid groups (broad SMARTS) is 1.